The molecule has 0 aliphatic carbocycles. The Morgan fingerprint density at radius 1 is 0.825 bits per heavy atom. The Morgan fingerprint density at radius 3 is 1.60 bits per heavy atom. The second-order valence-electron chi connectivity index (χ2n) is 9.60. The summed E-state index contributed by atoms with van der Waals surface area (Å²) in [5.41, 5.74) is -0.631. The SMILES string of the molecule is CCC(CC(=O)OCCS(=O)(=O)[O-])OC(=O)C(C)(C)CC.c1ccc([S+](c2ccccc2)c2ccccc2)cc1. The molecule has 40 heavy (non-hydrogen) atoms. The topological polar surface area (TPSA) is 110 Å². The average molecular weight is 587 g/mol. The summed E-state index contributed by atoms with van der Waals surface area (Å²) in [6.45, 7) is 6.63. The van der Waals surface area contributed by atoms with Crippen molar-refractivity contribution in [2.45, 2.75) is 67.7 Å². The summed E-state index contributed by atoms with van der Waals surface area (Å²) in [6, 6.07) is 32.2. The number of benzene rings is 3. The first kappa shape index (κ1) is 33.1. The Hall–Kier alpha value is -3.14. The summed E-state index contributed by atoms with van der Waals surface area (Å²) in [7, 11) is -4.42. The molecule has 1 unspecified atom stereocenters. The summed E-state index contributed by atoms with van der Waals surface area (Å²) in [5.74, 6) is -1.86. The molecular weight excluding hydrogens is 548 g/mol. The van der Waals surface area contributed by atoms with Gasteiger partial charge in [0.2, 0.25) is 0 Å². The number of carbonyl (C=O) groups excluding carboxylic acids is 2. The van der Waals surface area contributed by atoms with E-state index in [0.717, 1.165) is 0 Å². The van der Waals surface area contributed by atoms with Crippen molar-refractivity contribution in [1.29, 1.82) is 0 Å². The van der Waals surface area contributed by atoms with Crippen LogP contribution in [0.5, 0.6) is 0 Å². The summed E-state index contributed by atoms with van der Waals surface area (Å²) >= 11 is 0. The van der Waals surface area contributed by atoms with Crippen molar-refractivity contribution in [3.05, 3.63) is 91.0 Å². The van der Waals surface area contributed by atoms with Crippen LogP contribution in [0.15, 0.2) is 106 Å². The van der Waals surface area contributed by atoms with Crippen LogP contribution < -0.4 is 0 Å². The largest absolute Gasteiger partial charge is 0.748 e. The predicted molar refractivity (Wildman–Crippen MR) is 156 cm³/mol. The monoisotopic (exact) mass is 586 g/mol. The molecule has 3 rings (SSSR count). The van der Waals surface area contributed by atoms with Gasteiger partial charge in [-0.3, -0.25) is 9.59 Å². The van der Waals surface area contributed by atoms with Crippen molar-refractivity contribution < 1.29 is 32.0 Å². The number of hydrogen-bond donors (Lipinski definition) is 0. The third-order valence-electron chi connectivity index (χ3n) is 6.09. The molecule has 0 aliphatic rings. The van der Waals surface area contributed by atoms with Gasteiger partial charge in [0.05, 0.1) is 38.6 Å². The molecule has 0 amide bonds. The lowest BCUT2D eigenvalue weighted by Gasteiger charge is -2.24. The molecule has 0 saturated carbocycles. The van der Waals surface area contributed by atoms with Crippen LogP contribution in [0.2, 0.25) is 0 Å². The molecule has 216 valence electrons. The Balaban J connectivity index is 0.000000281. The molecule has 0 bridgehead atoms. The van der Waals surface area contributed by atoms with E-state index < -0.39 is 45.9 Å². The van der Waals surface area contributed by atoms with Gasteiger partial charge in [0.25, 0.3) is 0 Å². The fourth-order valence-corrected chi connectivity index (χ4v) is 5.70. The first-order chi connectivity index (χ1) is 19.0. The van der Waals surface area contributed by atoms with Gasteiger partial charge in [-0.05, 0) is 63.1 Å². The number of ether oxygens (including phenoxy) is 2. The quantitative estimate of drug-likeness (QED) is 0.145. The van der Waals surface area contributed by atoms with E-state index in [-0.39, 0.29) is 17.3 Å². The first-order valence-electron chi connectivity index (χ1n) is 13.2. The zero-order valence-corrected chi connectivity index (χ0v) is 25.1. The number of esters is 2. The summed E-state index contributed by atoms with van der Waals surface area (Å²) in [6.07, 6.45) is 0.245. The van der Waals surface area contributed by atoms with Crippen molar-refractivity contribution in [2.75, 3.05) is 12.4 Å². The zero-order valence-electron chi connectivity index (χ0n) is 23.4. The van der Waals surface area contributed by atoms with Crippen molar-refractivity contribution in [3.8, 4) is 0 Å². The van der Waals surface area contributed by atoms with Crippen LogP contribution in [0.25, 0.3) is 0 Å². The van der Waals surface area contributed by atoms with Gasteiger partial charge < -0.3 is 14.0 Å². The highest BCUT2D eigenvalue weighted by atomic mass is 32.2. The molecule has 3 aromatic rings. The maximum atomic E-state index is 11.9. The molecule has 0 radical (unpaired) electrons. The fourth-order valence-electron chi connectivity index (χ4n) is 3.30. The van der Waals surface area contributed by atoms with Crippen LogP contribution in [0, 0.1) is 5.41 Å². The maximum absolute atomic E-state index is 11.9. The Labute approximate surface area is 241 Å². The predicted octanol–water partition coefficient (Wildman–Crippen LogP) is 6.00. The molecule has 9 heteroatoms. The minimum Gasteiger partial charge on any atom is -0.748 e. The summed E-state index contributed by atoms with van der Waals surface area (Å²) < 4.78 is 41.0. The van der Waals surface area contributed by atoms with Crippen LogP contribution in [0.1, 0.15) is 47.0 Å². The summed E-state index contributed by atoms with van der Waals surface area (Å²) in [4.78, 5) is 27.5. The van der Waals surface area contributed by atoms with E-state index in [4.69, 9.17) is 4.74 Å². The third-order valence-corrected chi connectivity index (χ3v) is 8.99. The van der Waals surface area contributed by atoms with Crippen LogP contribution in [-0.4, -0.2) is 43.4 Å². The third kappa shape index (κ3) is 11.5. The number of rotatable bonds is 12. The highest BCUT2D eigenvalue weighted by Crippen LogP contribution is 2.30. The highest BCUT2D eigenvalue weighted by Gasteiger charge is 2.30. The van der Waals surface area contributed by atoms with E-state index >= 15 is 0 Å². The molecule has 7 nitrogen and oxygen atoms in total. The van der Waals surface area contributed by atoms with Crippen molar-refractivity contribution >= 4 is 33.0 Å². The molecule has 0 N–H and O–H groups in total. The average Bonchev–Trinajstić information content (AvgIpc) is 2.94. The standard InChI is InChI=1S/C18H15S.C13H24O7S/c1-4-10-16(11-5-1)19(17-12-6-2-7-13-17)18-14-8-3-9-15-18;1-5-10(20-12(15)13(3,4)6-2)9-11(14)19-7-8-21(16,17)18/h1-15H;10H,5-9H2,1-4H3,(H,16,17,18)/q+1;/p-1. The fraction of sp³-hybridized carbons (Fsp3) is 0.355. The zero-order chi connectivity index (χ0) is 29.6. The van der Waals surface area contributed by atoms with Gasteiger partial charge in [-0.2, -0.15) is 0 Å². The van der Waals surface area contributed by atoms with Gasteiger partial charge in [-0.1, -0.05) is 68.4 Å². The molecule has 1 atom stereocenters. The van der Waals surface area contributed by atoms with Crippen molar-refractivity contribution in [2.24, 2.45) is 5.41 Å². The minimum absolute atomic E-state index is 0.0146. The maximum Gasteiger partial charge on any atom is 0.311 e. The smallest absolute Gasteiger partial charge is 0.311 e. The number of hydrogen-bond acceptors (Lipinski definition) is 7. The van der Waals surface area contributed by atoms with Gasteiger partial charge in [0.1, 0.15) is 12.7 Å². The van der Waals surface area contributed by atoms with E-state index in [1.165, 1.54) is 14.7 Å². The van der Waals surface area contributed by atoms with Crippen LogP contribution >= 0.6 is 0 Å². The molecule has 0 aromatic heterocycles. The normalized spacial score (nSPS) is 12.2. The molecule has 0 aliphatic heterocycles. The van der Waals surface area contributed by atoms with Gasteiger partial charge in [-0.15, -0.1) is 0 Å². The van der Waals surface area contributed by atoms with E-state index in [2.05, 4.69) is 95.7 Å². The van der Waals surface area contributed by atoms with Crippen LogP contribution in [0.3, 0.4) is 0 Å². The first-order valence-corrected chi connectivity index (χ1v) is 16.0. The van der Waals surface area contributed by atoms with Crippen molar-refractivity contribution in [3.63, 3.8) is 0 Å². The number of carbonyl (C=O) groups is 2. The molecule has 0 fully saturated rings. The second-order valence-corrected chi connectivity index (χ2v) is 13.2. The lowest BCUT2D eigenvalue weighted by Crippen LogP contribution is -2.31. The minimum atomic E-state index is -4.41. The van der Waals surface area contributed by atoms with E-state index in [1.807, 2.05) is 6.92 Å². The lowest BCUT2D eigenvalue weighted by molar-refractivity contribution is -0.163. The molecule has 0 spiro atoms. The Morgan fingerprint density at radius 2 is 1.25 bits per heavy atom. The lowest BCUT2D eigenvalue weighted by atomic mass is 9.90. The molecule has 0 heterocycles. The van der Waals surface area contributed by atoms with E-state index in [9.17, 15) is 22.6 Å². The van der Waals surface area contributed by atoms with Gasteiger partial charge in [0.15, 0.2) is 14.7 Å². The molecule has 3 aromatic carbocycles. The van der Waals surface area contributed by atoms with E-state index in [1.54, 1.807) is 20.8 Å². The van der Waals surface area contributed by atoms with Gasteiger partial charge in [-0.25, -0.2) is 8.42 Å². The summed E-state index contributed by atoms with van der Waals surface area (Å²) in [5, 5.41) is 0. The Bertz CT molecular complexity index is 1190. The molecule has 0 saturated heterocycles. The molecular formula is C31H38O7S2. The van der Waals surface area contributed by atoms with Crippen molar-refractivity contribution in [1.82, 2.24) is 0 Å². The Kier molecular flexibility index (Phi) is 13.4. The second kappa shape index (κ2) is 16.2. The van der Waals surface area contributed by atoms with Gasteiger partial charge in [0, 0.05) is 0 Å². The van der Waals surface area contributed by atoms with E-state index in [0.29, 0.717) is 12.8 Å². The van der Waals surface area contributed by atoms with Crippen LogP contribution in [0.4, 0.5) is 0 Å². The highest BCUT2D eigenvalue weighted by molar-refractivity contribution is 7.97. The van der Waals surface area contributed by atoms with Crippen LogP contribution in [-0.2, 0) is 40.1 Å². The van der Waals surface area contributed by atoms with Gasteiger partial charge >= 0.3 is 11.9 Å².